The second kappa shape index (κ2) is 9.93. The Bertz CT molecular complexity index is 963. The zero-order chi connectivity index (χ0) is 19.4. The normalized spacial score (nSPS) is 11.4. The van der Waals surface area contributed by atoms with E-state index in [-0.39, 0.29) is 29.9 Å². The number of pyridine rings is 1. The fourth-order valence-corrected chi connectivity index (χ4v) is 2.85. The third-order valence-electron chi connectivity index (χ3n) is 3.98. The third kappa shape index (κ3) is 5.48. The molecule has 148 valence electrons. The molecule has 1 unspecified atom stereocenters. The molecule has 0 saturated heterocycles. The van der Waals surface area contributed by atoms with Crippen LogP contribution in [0.25, 0.3) is 10.9 Å². The molecule has 0 N–H and O–H groups in total. The lowest BCUT2D eigenvalue weighted by Gasteiger charge is -2.13. The summed E-state index contributed by atoms with van der Waals surface area (Å²) in [5.41, 5.74) is 1.02. The summed E-state index contributed by atoms with van der Waals surface area (Å²) in [6.45, 7) is 3.75. The van der Waals surface area contributed by atoms with Gasteiger partial charge in [-0.2, -0.15) is 4.57 Å². The molecule has 5 nitrogen and oxygen atoms in total. The Morgan fingerprint density at radius 2 is 1.75 bits per heavy atom. The van der Waals surface area contributed by atoms with E-state index in [1.807, 2.05) is 42.1 Å². The summed E-state index contributed by atoms with van der Waals surface area (Å²) in [4.78, 5) is 11.6. The van der Waals surface area contributed by atoms with Crippen molar-refractivity contribution in [3.63, 3.8) is 0 Å². The predicted octanol–water partition coefficient (Wildman–Crippen LogP) is 1.44. The molecule has 0 aliphatic rings. The van der Waals surface area contributed by atoms with Crippen molar-refractivity contribution in [1.82, 2.24) is 0 Å². The number of aromatic nitrogens is 1. The number of aryl methyl sites for hydroxylation is 1. The molecule has 7 heteroatoms. The van der Waals surface area contributed by atoms with E-state index in [0.717, 1.165) is 10.9 Å². The van der Waals surface area contributed by atoms with Crippen molar-refractivity contribution >= 4 is 28.5 Å². The van der Waals surface area contributed by atoms with Gasteiger partial charge in [0.1, 0.15) is 18.5 Å². The molecule has 3 rings (SSSR count). The highest BCUT2D eigenvalue weighted by Crippen LogP contribution is 2.26. The van der Waals surface area contributed by atoms with Gasteiger partial charge in [-0.1, -0.05) is 11.6 Å². The molecule has 0 bridgehead atoms. The zero-order valence-electron chi connectivity index (χ0n) is 15.8. The van der Waals surface area contributed by atoms with Crippen molar-refractivity contribution in [2.75, 3.05) is 6.61 Å². The molecule has 0 amide bonds. The largest absolute Gasteiger partial charge is 1.00 e. The van der Waals surface area contributed by atoms with Crippen LogP contribution in [-0.4, -0.2) is 18.7 Å². The molecule has 0 saturated carbocycles. The molecule has 3 aromatic rings. The van der Waals surface area contributed by atoms with Gasteiger partial charge < -0.3 is 38.2 Å². The van der Waals surface area contributed by atoms with Crippen LogP contribution in [0.15, 0.2) is 54.7 Å². The van der Waals surface area contributed by atoms with E-state index in [1.54, 1.807) is 38.1 Å². The molecular formula is C21H21ClINO4. The minimum atomic E-state index is -0.664. The number of ether oxygens (including phenoxy) is 3. The Labute approximate surface area is 186 Å². The first kappa shape index (κ1) is 22.2. The molecule has 0 fully saturated rings. The lowest BCUT2D eigenvalue weighted by Crippen LogP contribution is -3.00. The van der Waals surface area contributed by atoms with Gasteiger partial charge in [-0.3, -0.25) is 0 Å². The first-order valence-electron chi connectivity index (χ1n) is 8.66. The quantitative estimate of drug-likeness (QED) is 0.284. The van der Waals surface area contributed by atoms with E-state index < -0.39 is 6.10 Å². The molecule has 0 spiro atoms. The number of hydrogen-bond acceptors (Lipinski definition) is 4. The Balaban J connectivity index is 0.00000280. The Hall–Kier alpha value is -2.06. The SMILES string of the molecule is CCOC(=O)C(C)Oc1ccc(Oc2cc3ccc(Cl)cc3[n+](C)c2)cc1.[I-]. The van der Waals surface area contributed by atoms with Gasteiger partial charge in [-0.05, 0) is 50.2 Å². The smallest absolute Gasteiger partial charge is 0.347 e. The van der Waals surface area contributed by atoms with Gasteiger partial charge in [-0.25, -0.2) is 4.79 Å². The predicted molar refractivity (Wildman–Crippen MR) is 103 cm³/mol. The van der Waals surface area contributed by atoms with E-state index in [0.29, 0.717) is 28.9 Å². The number of carbonyl (C=O) groups is 1. The van der Waals surface area contributed by atoms with Crippen LogP contribution in [0.1, 0.15) is 13.8 Å². The van der Waals surface area contributed by atoms with Crippen LogP contribution >= 0.6 is 11.6 Å². The maximum absolute atomic E-state index is 11.6. The Morgan fingerprint density at radius 1 is 1.07 bits per heavy atom. The van der Waals surface area contributed by atoms with E-state index in [2.05, 4.69) is 0 Å². The third-order valence-corrected chi connectivity index (χ3v) is 4.22. The van der Waals surface area contributed by atoms with Gasteiger partial charge in [0.15, 0.2) is 11.9 Å². The maximum Gasteiger partial charge on any atom is 0.347 e. The highest BCUT2D eigenvalue weighted by atomic mass is 127. The van der Waals surface area contributed by atoms with Gasteiger partial charge in [0.05, 0.1) is 12.0 Å². The van der Waals surface area contributed by atoms with Crippen molar-refractivity contribution in [3.05, 3.63) is 59.8 Å². The van der Waals surface area contributed by atoms with Crippen LogP contribution in [0.2, 0.25) is 5.02 Å². The number of rotatable bonds is 6. The Morgan fingerprint density at radius 3 is 2.43 bits per heavy atom. The van der Waals surface area contributed by atoms with Crippen LogP contribution in [0.5, 0.6) is 17.2 Å². The highest BCUT2D eigenvalue weighted by Gasteiger charge is 2.16. The van der Waals surface area contributed by atoms with Crippen molar-refractivity contribution in [2.45, 2.75) is 20.0 Å². The van der Waals surface area contributed by atoms with Gasteiger partial charge >= 0.3 is 5.97 Å². The zero-order valence-corrected chi connectivity index (χ0v) is 18.7. The van der Waals surface area contributed by atoms with E-state index in [9.17, 15) is 4.79 Å². The minimum absolute atomic E-state index is 0. The average Bonchev–Trinajstić information content (AvgIpc) is 2.64. The molecular weight excluding hydrogens is 493 g/mol. The summed E-state index contributed by atoms with van der Waals surface area (Å²) in [5.74, 6) is 1.56. The summed E-state index contributed by atoms with van der Waals surface area (Å²) < 4.78 is 18.4. The first-order chi connectivity index (χ1) is 13.0. The number of halogens is 2. The number of hydrogen-bond donors (Lipinski definition) is 0. The second-order valence-electron chi connectivity index (χ2n) is 6.08. The van der Waals surface area contributed by atoms with E-state index in [1.165, 1.54) is 0 Å². The number of fused-ring (bicyclic) bond motifs is 1. The summed E-state index contributed by atoms with van der Waals surface area (Å²) in [7, 11) is 1.94. The molecule has 0 aliphatic heterocycles. The summed E-state index contributed by atoms with van der Waals surface area (Å²) >= 11 is 6.06. The lowest BCUT2D eigenvalue weighted by atomic mass is 10.2. The molecule has 1 atom stereocenters. The van der Waals surface area contributed by atoms with Crippen molar-refractivity contribution in [1.29, 1.82) is 0 Å². The molecule has 2 aromatic carbocycles. The van der Waals surface area contributed by atoms with Crippen LogP contribution in [0.3, 0.4) is 0 Å². The van der Waals surface area contributed by atoms with Crippen LogP contribution in [0, 0.1) is 0 Å². The standard InChI is InChI=1S/C21H21ClNO4.HI/c1-4-25-21(24)14(2)26-17-7-9-18(10-8-17)27-19-11-15-5-6-16(22)12-20(15)23(3)13-19;/h5-14H,4H2,1-3H3;1H/q+1;/p-1. The topological polar surface area (TPSA) is 48.6 Å². The van der Waals surface area contributed by atoms with Crippen molar-refractivity contribution in [3.8, 4) is 17.2 Å². The monoisotopic (exact) mass is 513 g/mol. The minimum Gasteiger partial charge on any atom is -1.00 e. The van der Waals surface area contributed by atoms with E-state index >= 15 is 0 Å². The van der Waals surface area contributed by atoms with Crippen LogP contribution < -0.4 is 38.0 Å². The number of carbonyl (C=O) groups excluding carboxylic acids is 1. The van der Waals surface area contributed by atoms with Crippen LogP contribution in [0.4, 0.5) is 0 Å². The molecule has 28 heavy (non-hydrogen) atoms. The van der Waals surface area contributed by atoms with Gasteiger partial charge in [0.2, 0.25) is 11.7 Å². The van der Waals surface area contributed by atoms with E-state index in [4.69, 9.17) is 25.8 Å². The maximum atomic E-state index is 11.6. The molecule has 1 heterocycles. The summed E-state index contributed by atoms with van der Waals surface area (Å²) in [5, 5.41) is 1.72. The van der Waals surface area contributed by atoms with Crippen molar-refractivity contribution < 1.29 is 47.5 Å². The number of benzene rings is 2. The molecule has 1 aromatic heterocycles. The lowest BCUT2D eigenvalue weighted by molar-refractivity contribution is -0.645. The number of esters is 1. The first-order valence-corrected chi connectivity index (χ1v) is 9.04. The molecule has 0 aliphatic carbocycles. The average molecular weight is 514 g/mol. The highest BCUT2D eigenvalue weighted by molar-refractivity contribution is 6.31. The van der Waals surface area contributed by atoms with Gasteiger partial charge in [0, 0.05) is 17.2 Å². The number of nitrogens with zero attached hydrogens (tertiary/aromatic N) is 1. The van der Waals surface area contributed by atoms with Gasteiger partial charge in [-0.15, -0.1) is 0 Å². The summed E-state index contributed by atoms with van der Waals surface area (Å²) in [6, 6.07) is 14.8. The fraction of sp³-hybridized carbons (Fsp3) is 0.238. The second-order valence-corrected chi connectivity index (χ2v) is 6.51. The summed E-state index contributed by atoms with van der Waals surface area (Å²) in [6.07, 6.45) is 1.23. The van der Waals surface area contributed by atoms with Gasteiger partial charge in [0.25, 0.3) is 0 Å². The van der Waals surface area contributed by atoms with Crippen LogP contribution in [-0.2, 0) is 16.6 Å². The fourth-order valence-electron chi connectivity index (χ4n) is 2.69. The molecule has 0 radical (unpaired) electrons. The Kier molecular flexibility index (Phi) is 7.88. The van der Waals surface area contributed by atoms with Crippen molar-refractivity contribution in [2.24, 2.45) is 7.05 Å².